The molecule has 4 unspecified atom stereocenters. The minimum Gasteiger partial charge on any atom is -0.480 e. The van der Waals surface area contributed by atoms with E-state index in [0.29, 0.717) is 19.4 Å². The maximum atomic E-state index is 12.7. The van der Waals surface area contributed by atoms with Gasteiger partial charge < -0.3 is 44.0 Å². The summed E-state index contributed by atoms with van der Waals surface area (Å²) in [5.41, 5.74) is 21.1. The molecule has 5 amide bonds. The summed E-state index contributed by atoms with van der Waals surface area (Å²) in [4.78, 5) is 70.8. The zero-order chi connectivity index (χ0) is 24.8. The van der Waals surface area contributed by atoms with Crippen molar-refractivity contribution in [3.8, 4) is 0 Å². The minimum atomic E-state index is -1.50. The van der Waals surface area contributed by atoms with Gasteiger partial charge in [0.05, 0.1) is 18.9 Å². The molecule has 0 aliphatic heterocycles. The fourth-order valence-electron chi connectivity index (χ4n) is 2.49. The van der Waals surface area contributed by atoms with E-state index >= 15 is 0 Å². The lowest BCUT2D eigenvalue weighted by atomic mass is 10.1. The van der Waals surface area contributed by atoms with E-state index in [0.717, 1.165) is 0 Å². The van der Waals surface area contributed by atoms with Gasteiger partial charge in [-0.15, -0.1) is 0 Å². The first-order valence-corrected chi connectivity index (χ1v) is 10.3. The van der Waals surface area contributed by atoms with Crippen LogP contribution in [0.1, 0.15) is 32.1 Å². The number of carbonyl (C=O) groups excluding carboxylic acids is 5. The molecule has 0 spiro atoms. The number of carboxylic acid groups (broad SMARTS) is 1. The van der Waals surface area contributed by atoms with Crippen LogP contribution in [0.15, 0.2) is 0 Å². The summed E-state index contributed by atoms with van der Waals surface area (Å²) in [6.07, 6.45) is -0.0680. The molecule has 0 radical (unpaired) electrons. The van der Waals surface area contributed by atoms with Gasteiger partial charge in [0, 0.05) is 5.75 Å². The molecular weight excluding hydrogens is 446 g/mol. The molecule has 0 aromatic carbocycles. The lowest BCUT2D eigenvalue weighted by molar-refractivity contribution is -0.141. The number of aliphatic carboxylic acids is 1. The maximum Gasteiger partial charge on any atom is 0.327 e. The minimum absolute atomic E-state index is 0.103. The Morgan fingerprint density at radius 1 is 0.781 bits per heavy atom. The number of hydrogen-bond acceptors (Lipinski definition) is 9. The van der Waals surface area contributed by atoms with Crippen molar-refractivity contribution < 1.29 is 33.9 Å². The summed E-state index contributed by atoms with van der Waals surface area (Å²) in [6.45, 7) is 0.328. The van der Waals surface area contributed by atoms with Gasteiger partial charge in [-0.1, -0.05) is 0 Å². The van der Waals surface area contributed by atoms with Gasteiger partial charge in [-0.05, 0) is 25.8 Å². The smallest absolute Gasteiger partial charge is 0.327 e. The first-order valence-electron chi connectivity index (χ1n) is 9.69. The highest BCUT2D eigenvalue weighted by atomic mass is 32.1. The van der Waals surface area contributed by atoms with Crippen LogP contribution in [0.5, 0.6) is 0 Å². The van der Waals surface area contributed by atoms with Gasteiger partial charge >= 0.3 is 5.97 Å². The van der Waals surface area contributed by atoms with Crippen molar-refractivity contribution in [1.82, 2.24) is 16.0 Å². The van der Waals surface area contributed by atoms with Gasteiger partial charge in [-0.25, -0.2) is 4.79 Å². The van der Waals surface area contributed by atoms with Gasteiger partial charge in [0.15, 0.2) is 0 Å². The first-order chi connectivity index (χ1) is 14.9. The van der Waals surface area contributed by atoms with Crippen LogP contribution in [0.4, 0.5) is 0 Å². The highest BCUT2D eigenvalue weighted by Crippen LogP contribution is 2.04. The van der Waals surface area contributed by atoms with Crippen molar-refractivity contribution in [3.05, 3.63) is 0 Å². The van der Waals surface area contributed by atoms with Crippen molar-refractivity contribution >= 4 is 48.1 Å². The van der Waals surface area contributed by atoms with Crippen molar-refractivity contribution in [2.75, 3.05) is 12.3 Å². The molecule has 0 aromatic rings. The summed E-state index contributed by atoms with van der Waals surface area (Å²) in [6, 6.07) is -5.36. The topological polar surface area (TPSA) is 263 Å². The molecule has 12 N–H and O–H groups in total. The van der Waals surface area contributed by atoms with Crippen LogP contribution in [-0.4, -0.2) is 77.1 Å². The zero-order valence-electron chi connectivity index (χ0n) is 17.4. The molecule has 0 aliphatic rings. The molecule has 0 aliphatic carbocycles. The third-order valence-electron chi connectivity index (χ3n) is 4.17. The molecule has 4 atom stereocenters. The van der Waals surface area contributed by atoms with Gasteiger partial charge in [0.1, 0.15) is 18.1 Å². The Balaban J connectivity index is 5.44. The van der Waals surface area contributed by atoms with Crippen molar-refractivity contribution in [2.24, 2.45) is 22.9 Å². The average molecular weight is 478 g/mol. The molecule has 0 saturated heterocycles. The van der Waals surface area contributed by atoms with Gasteiger partial charge in [0.2, 0.25) is 29.5 Å². The molecule has 0 heterocycles. The van der Waals surface area contributed by atoms with E-state index in [-0.39, 0.29) is 12.2 Å². The van der Waals surface area contributed by atoms with Crippen molar-refractivity contribution in [3.63, 3.8) is 0 Å². The highest BCUT2D eigenvalue weighted by molar-refractivity contribution is 7.80. The number of nitrogens with one attached hydrogen (secondary N) is 3. The molecule has 32 heavy (non-hydrogen) atoms. The SMILES string of the molecule is NCCCCC(NC(=O)C(CC(N)=O)NC(=O)C(N)CC(N)=O)C(=O)NC(CS)C(=O)O. The van der Waals surface area contributed by atoms with Crippen molar-refractivity contribution in [1.29, 1.82) is 0 Å². The second kappa shape index (κ2) is 15.0. The molecule has 0 saturated carbocycles. The molecule has 0 fully saturated rings. The Hall–Kier alpha value is -2.91. The summed E-state index contributed by atoms with van der Waals surface area (Å²) >= 11 is 3.86. The third-order valence-corrected chi connectivity index (χ3v) is 4.54. The molecular formula is C17H31N7O7S. The van der Waals surface area contributed by atoms with Crippen LogP contribution in [0.25, 0.3) is 0 Å². The number of rotatable bonds is 16. The van der Waals surface area contributed by atoms with Gasteiger partial charge in [0.25, 0.3) is 0 Å². The van der Waals surface area contributed by atoms with Crippen LogP contribution in [0.3, 0.4) is 0 Å². The van der Waals surface area contributed by atoms with Gasteiger partial charge in [-0.3, -0.25) is 24.0 Å². The number of amides is 5. The van der Waals surface area contributed by atoms with E-state index in [2.05, 4.69) is 28.6 Å². The Morgan fingerprint density at radius 2 is 1.28 bits per heavy atom. The Kier molecular flexibility index (Phi) is 13.6. The maximum absolute atomic E-state index is 12.7. The quantitative estimate of drug-likeness (QED) is 0.0767. The Morgan fingerprint density at radius 3 is 1.75 bits per heavy atom. The second-order valence-corrected chi connectivity index (χ2v) is 7.30. The summed E-state index contributed by atoms with van der Waals surface area (Å²) in [5.74, 6) is -5.96. The van der Waals surface area contributed by atoms with Crippen LogP contribution < -0.4 is 38.9 Å². The van der Waals surface area contributed by atoms with E-state index in [9.17, 15) is 28.8 Å². The summed E-state index contributed by atoms with van der Waals surface area (Å²) in [7, 11) is 0. The number of carboxylic acids is 1. The third kappa shape index (κ3) is 11.5. The second-order valence-electron chi connectivity index (χ2n) is 6.94. The monoisotopic (exact) mass is 477 g/mol. The first kappa shape index (κ1) is 29.1. The van der Waals surface area contributed by atoms with Crippen LogP contribution >= 0.6 is 12.6 Å². The van der Waals surface area contributed by atoms with E-state index in [4.69, 9.17) is 28.0 Å². The largest absolute Gasteiger partial charge is 0.480 e. The fourth-order valence-corrected chi connectivity index (χ4v) is 2.74. The van der Waals surface area contributed by atoms with E-state index in [1.54, 1.807) is 0 Å². The molecule has 15 heteroatoms. The predicted molar refractivity (Wildman–Crippen MR) is 116 cm³/mol. The molecule has 0 aromatic heterocycles. The average Bonchev–Trinajstić information content (AvgIpc) is 2.69. The lowest BCUT2D eigenvalue weighted by Crippen LogP contribution is -2.58. The number of carbonyl (C=O) groups is 6. The lowest BCUT2D eigenvalue weighted by Gasteiger charge is -2.24. The number of nitrogens with two attached hydrogens (primary N) is 4. The number of primary amides is 2. The number of hydrogen-bond donors (Lipinski definition) is 9. The molecule has 0 bridgehead atoms. The predicted octanol–water partition coefficient (Wildman–Crippen LogP) is -4.34. The summed E-state index contributed by atoms with van der Waals surface area (Å²) < 4.78 is 0. The zero-order valence-corrected chi connectivity index (χ0v) is 18.3. The Bertz CT molecular complexity index is 707. The fraction of sp³-hybridized carbons (Fsp3) is 0.647. The normalized spacial score (nSPS) is 14.3. The summed E-state index contributed by atoms with van der Waals surface area (Å²) in [5, 5.41) is 15.9. The van der Waals surface area contributed by atoms with Crippen LogP contribution in [-0.2, 0) is 28.8 Å². The highest BCUT2D eigenvalue weighted by Gasteiger charge is 2.30. The number of unbranched alkanes of at least 4 members (excludes halogenated alkanes) is 1. The number of thiol groups is 1. The molecule has 14 nitrogen and oxygen atoms in total. The van der Waals surface area contributed by atoms with E-state index in [1.807, 2.05) is 0 Å². The van der Waals surface area contributed by atoms with E-state index in [1.165, 1.54) is 0 Å². The van der Waals surface area contributed by atoms with Crippen molar-refractivity contribution in [2.45, 2.75) is 56.3 Å². The standard InChI is InChI=1S/C17H31N7O7S/c18-4-2-1-3-9(15(28)24-11(7-32)17(30)31)22-16(29)10(6-13(21)26)23-14(27)8(19)5-12(20)25/h8-11,32H,1-7,18-19H2,(H2,20,25)(H2,21,26)(H,22,29)(H,23,27)(H,24,28)(H,30,31). The Labute approximate surface area is 190 Å². The van der Waals surface area contributed by atoms with E-state index < -0.39 is 72.5 Å². The molecule has 182 valence electrons. The van der Waals surface area contributed by atoms with Crippen LogP contribution in [0, 0.1) is 0 Å². The van der Waals surface area contributed by atoms with Gasteiger partial charge in [-0.2, -0.15) is 12.6 Å². The molecule has 0 rings (SSSR count). The van der Waals surface area contributed by atoms with Crippen LogP contribution in [0.2, 0.25) is 0 Å².